The van der Waals surface area contributed by atoms with E-state index in [1.54, 1.807) is 0 Å². The normalized spacial score (nSPS) is 15.5. The summed E-state index contributed by atoms with van der Waals surface area (Å²) in [4.78, 5) is 16.3. The van der Waals surface area contributed by atoms with Crippen LogP contribution in [0.2, 0.25) is 0 Å². The molecule has 0 aliphatic heterocycles. The van der Waals surface area contributed by atoms with Crippen molar-refractivity contribution in [2.24, 2.45) is 5.41 Å². The smallest absolute Gasteiger partial charge is 0.119 e. The zero-order valence-electron chi connectivity index (χ0n) is 17.1. The molecule has 1 aliphatic rings. The van der Waals surface area contributed by atoms with E-state index in [9.17, 15) is 4.79 Å². The van der Waals surface area contributed by atoms with Gasteiger partial charge >= 0.3 is 0 Å². The summed E-state index contributed by atoms with van der Waals surface area (Å²) in [5, 5.41) is 9.14. The second kappa shape index (κ2) is 7.46. The molecular formula is C23H30N4O. The van der Waals surface area contributed by atoms with Crippen LogP contribution in [0.5, 0.6) is 0 Å². The molecule has 0 unspecified atom stereocenters. The lowest BCUT2D eigenvalue weighted by Gasteiger charge is -2.28. The Hall–Kier alpha value is -2.56. The third kappa shape index (κ3) is 3.71. The van der Waals surface area contributed by atoms with Crippen molar-refractivity contribution in [3.8, 4) is 11.4 Å². The second-order valence-electron chi connectivity index (χ2n) is 8.91. The maximum atomic E-state index is 10.5. The predicted molar refractivity (Wildman–Crippen MR) is 115 cm³/mol. The van der Waals surface area contributed by atoms with Gasteiger partial charge < -0.3 is 14.7 Å². The van der Waals surface area contributed by atoms with Crippen LogP contribution >= 0.6 is 0 Å². The van der Waals surface area contributed by atoms with Crippen molar-refractivity contribution in [1.82, 2.24) is 15.2 Å². The van der Waals surface area contributed by atoms with Gasteiger partial charge in [0, 0.05) is 47.9 Å². The number of hydrogen-bond acceptors (Lipinski definition) is 3. The molecule has 0 amide bonds. The van der Waals surface area contributed by atoms with Crippen LogP contribution in [0.25, 0.3) is 22.3 Å². The van der Waals surface area contributed by atoms with E-state index < -0.39 is 0 Å². The Balaban J connectivity index is 1.56. The van der Waals surface area contributed by atoms with Crippen LogP contribution in [-0.2, 0) is 17.6 Å². The molecule has 0 radical (unpaired) electrons. The molecule has 0 spiro atoms. The average molecular weight is 379 g/mol. The summed E-state index contributed by atoms with van der Waals surface area (Å²) >= 11 is 0. The first-order valence-electron chi connectivity index (χ1n) is 10.3. The highest BCUT2D eigenvalue weighted by Crippen LogP contribution is 2.38. The van der Waals surface area contributed by atoms with Crippen LogP contribution < -0.4 is 4.90 Å². The van der Waals surface area contributed by atoms with Gasteiger partial charge in [-0.2, -0.15) is 5.10 Å². The molecule has 0 bridgehead atoms. The lowest BCUT2D eigenvalue weighted by Crippen LogP contribution is -2.21. The summed E-state index contributed by atoms with van der Waals surface area (Å²) in [5.74, 6) is 0. The largest absolute Gasteiger partial charge is 0.375 e. The van der Waals surface area contributed by atoms with Crippen molar-refractivity contribution >= 4 is 22.9 Å². The average Bonchev–Trinajstić information content (AvgIpc) is 3.26. The van der Waals surface area contributed by atoms with Gasteiger partial charge in [-0.05, 0) is 55.7 Å². The van der Waals surface area contributed by atoms with E-state index in [0.717, 1.165) is 55.4 Å². The number of aromatic nitrogens is 3. The molecule has 28 heavy (non-hydrogen) atoms. The number of aromatic amines is 2. The summed E-state index contributed by atoms with van der Waals surface area (Å²) in [6.07, 6.45) is 6.97. The first kappa shape index (κ1) is 18.8. The number of anilines is 1. The Bertz CT molecular complexity index is 982. The number of hydrogen-bond donors (Lipinski definition) is 2. The topological polar surface area (TPSA) is 64.8 Å². The van der Waals surface area contributed by atoms with Crippen molar-refractivity contribution in [2.75, 3.05) is 18.5 Å². The number of nitrogens with zero attached hydrogens (tertiary/aromatic N) is 2. The number of aldehydes is 1. The van der Waals surface area contributed by atoms with E-state index in [4.69, 9.17) is 0 Å². The van der Waals surface area contributed by atoms with Gasteiger partial charge in [0.2, 0.25) is 0 Å². The Labute approximate surface area is 166 Å². The third-order valence-corrected chi connectivity index (χ3v) is 6.03. The van der Waals surface area contributed by atoms with Crippen LogP contribution in [-0.4, -0.2) is 35.1 Å². The highest BCUT2D eigenvalue weighted by molar-refractivity contribution is 5.88. The molecule has 5 nitrogen and oxygen atoms in total. The van der Waals surface area contributed by atoms with Crippen molar-refractivity contribution in [1.29, 1.82) is 0 Å². The molecule has 4 rings (SSSR count). The van der Waals surface area contributed by atoms with Gasteiger partial charge in [-0.15, -0.1) is 0 Å². The van der Waals surface area contributed by atoms with Gasteiger partial charge in [-0.25, -0.2) is 0 Å². The van der Waals surface area contributed by atoms with E-state index in [1.807, 2.05) is 0 Å². The van der Waals surface area contributed by atoms with Crippen LogP contribution in [0, 0.1) is 5.41 Å². The number of unbranched alkanes of at least 4 members (excludes halogenated alkanes) is 2. The molecule has 5 heteroatoms. The lowest BCUT2D eigenvalue weighted by molar-refractivity contribution is -0.107. The fraction of sp³-hybridized carbons (Fsp3) is 0.478. The zero-order valence-corrected chi connectivity index (χ0v) is 17.1. The van der Waals surface area contributed by atoms with Gasteiger partial charge in [0.15, 0.2) is 0 Å². The molecule has 1 aliphatic carbocycles. The SMILES string of the molecule is CN(CCCCC=O)c1ccc2cc(-c3n[nH]c4c3CCC(C)(C)C4)[nH]c2c1. The number of rotatable bonds is 7. The fourth-order valence-electron chi connectivity index (χ4n) is 4.26. The molecule has 148 valence electrons. The lowest BCUT2D eigenvalue weighted by atomic mass is 9.76. The predicted octanol–water partition coefficient (Wildman–Crippen LogP) is 4.88. The van der Waals surface area contributed by atoms with Crippen LogP contribution in [0.4, 0.5) is 5.69 Å². The Morgan fingerprint density at radius 3 is 2.93 bits per heavy atom. The number of H-pyrrole nitrogens is 2. The van der Waals surface area contributed by atoms with Crippen LogP contribution in [0.1, 0.15) is 50.8 Å². The summed E-state index contributed by atoms with van der Waals surface area (Å²) in [6, 6.07) is 8.76. The number of benzene rings is 1. The maximum absolute atomic E-state index is 10.5. The number of fused-ring (bicyclic) bond motifs is 2. The first-order chi connectivity index (χ1) is 13.5. The van der Waals surface area contributed by atoms with Crippen molar-refractivity contribution in [2.45, 2.75) is 52.4 Å². The van der Waals surface area contributed by atoms with Crippen molar-refractivity contribution in [3.63, 3.8) is 0 Å². The molecule has 2 N–H and O–H groups in total. The van der Waals surface area contributed by atoms with Gasteiger partial charge in [0.05, 0.1) is 5.69 Å². The summed E-state index contributed by atoms with van der Waals surface area (Å²) in [7, 11) is 2.11. The molecule has 1 aromatic carbocycles. The van der Waals surface area contributed by atoms with Crippen molar-refractivity contribution < 1.29 is 4.79 Å². The molecule has 0 atom stereocenters. The van der Waals surface area contributed by atoms with Gasteiger partial charge in [-0.1, -0.05) is 19.9 Å². The maximum Gasteiger partial charge on any atom is 0.119 e. The molecule has 2 aromatic heterocycles. The van der Waals surface area contributed by atoms with Crippen molar-refractivity contribution in [3.05, 3.63) is 35.5 Å². The molecule has 0 saturated heterocycles. The fourth-order valence-corrected chi connectivity index (χ4v) is 4.26. The Kier molecular flexibility index (Phi) is 5.00. The summed E-state index contributed by atoms with van der Waals surface area (Å²) in [6.45, 7) is 5.61. The number of nitrogens with one attached hydrogen (secondary N) is 2. The first-order valence-corrected chi connectivity index (χ1v) is 10.3. The summed E-state index contributed by atoms with van der Waals surface area (Å²) in [5.41, 5.74) is 7.52. The molecular weight excluding hydrogens is 348 g/mol. The number of carbonyl (C=O) groups excluding carboxylic acids is 1. The zero-order chi connectivity index (χ0) is 19.7. The minimum absolute atomic E-state index is 0.350. The third-order valence-electron chi connectivity index (χ3n) is 6.03. The van der Waals surface area contributed by atoms with Crippen LogP contribution in [0.15, 0.2) is 24.3 Å². The molecule has 0 fully saturated rings. The Morgan fingerprint density at radius 1 is 1.25 bits per heavy atom. The Morgan fingerprint density at radius 2 is 2.11 bits per heavy atom. The van der Waals surface area contributed by atoms with Gasteiger partial charge in [0.1, 0.15) is 12.0 Å². The van der Waals surface area contributed by atoms with E-state index in [-0.39, 0.29) is 0 Å². The quantitative estimate of drug-likeness (QED) is 0.455. The van der Waals surface area contributed by atoms with E-state index >= 15 is 0 Å². The highest BCUT2D eigenvalue weighted by atomic mass is 16.1. The monoisotopic (exact) mass is 378 g/mol. The van der Waals surface area contributed by atoms with Crippen LogP contribution in [0.3, 0.4) is 0 Å². The highest BCUT2D eigenvalue weighted by Gasteiger charge is 2.29. The molecule has 2 heterocycles. The van der Waals surface area contributed by atoms with Gasteiger partial charge in [0.25, 0.3) is 0 Å². The molecule has 3 aromatic rings. The second-order valence-corrected chi connectivity index (χ2v) is 8.91. The minimum Gasteiger partial charge on any atom is -0.375 e. The molecule has 0 saturated carbocycles. The summed E-state index contributed by atoms with van der Waals surface area (Å²) < 4.78 is 0. The van der Waals surface area contributed by atoms with E-state index in [1.165, 1.54) is 28.8 Å². The van der Waals surface area contributed by atoms with Gasteiger partial charge in [-0.3, -0.25) is 5.10 Å². The minimum atomic E-state index is 0.350. The standard InChI is InChI=1S/C23H30N4O/c1-23(2)10-9-18-21(15-23)25-26-22(18)20-13-16-7-8-17(14-19(16)24-20)27(3)11-5-4-6-12-28/h7-8,12-14,24H,4-6,9-11,15H2,1-3H3,(H,25,26). The van der Waals surface area contributed by atoms with E-state index in [0.29, 0.717) is 11.8 Å². The number of carbonyl (C=O) groups is 1. The van der Waals surface area contributed by atoms with E-state index in [2.05, 4.69) is 65.2 Å².